The van der Waals surface area contributed by atoms with Gasteiger partial charge in [-0.05, 0) is 74.4 Å². The van der Waals surface area contributed by atoms with Gasteiger partial charge in [0.1, 0.15) is 11.5 Å². The number of ether oxygens (including phenoxy) is 1. The van der Waals surface area contributed by atoms with Crippen molar-refractivity contribution in [2.24, 2.45) is 15.3 Å². The van der Waals surface area contributed by atoms with Gasteiger partial charge in [-0.15, -0.1) is 0 Å². The van der Waals surface area contributed by atoms with Gasteiger partial charge in [-0.3, -0.25) is 9.59 Å². The predicted octanol–water partition coefficient (Wildman–Crippen LogP) is 6.73. The zero-order valence-electron chi connectivity index (χ0n) is 21.6. The molecule has 2 amide bonds. The Kier molecular flexibility index (Phi) is 7.58. The molecule has 1 aliphatic rings. The van der Waals surface area contributed by atoms with E-state index in [0.717, 1.165) is 17.7 Å². The lowest BCUT2D eigenvalue weighted by Gasteiger charge is -2.13. The first-order valence-corrected chi connectivity index (χ1v) is 12.5. The molecule has 0 atom stereocenters. The minimum absolute atomic E-state index is 0.224. The molecule has 9 heteroatoms. The molecule has 0 radical (unpaired) electrons. The number of furan rings is 1. The van der Waals surface area contributed by atoms with Gasteiger partial charge in [-0.2, -0.15) is 15.3 Å². The van der Waals surface area contributed by atoms with Crippen molar-refractivity contribution in [1.29, 1.82) is 0 Å². The summed E-state index contributed by atoms with van der Waals surface area (Å²) in [5.74, 6) is 0.791. The van der Waals surface area contributed by atoms with Crippen molar-refractivity contribution in [1.82, 2.24) is 5.43 Å². The topological polar surface area (TPSA) is 118 Å². The highest BCUT2D eigenvalue weighted by molar-refractivity contribution is 6.09. The maximum absolute atomic E-state index is 13.1. The number of methoxy groups -OCH3 is 1. The van der Waals surface area contributed by atoms with Gasteiger partial charge < -0.3 is 14.5 Å². The van der Waals surface area contributed by atoms with Crippen LogP contribution in [-0.2, 0) is 6.42 Å². The number of amides is 2. The lowest BCUT2D eigenvalue weighted by Crippen LogP contribution is -2.22. The first kappa shape index (κ1) is 25.6. The van der Waals surface area contributed by atoms with Gasteiger partial charge in [-0.25, -0.2) is 5.43 Å². The minimum Gasteiger partial charge on any atom is -0.497 e. The van der Waals surface area contributed by atoms with Gasteiger partial charge in [-0.1, -0.05) is 24.3 Å². The van der Waals surface area contributed by atoms with Crippen molar-refractivity contribution in [3.63, 3.8) is 0 Å². The largest absolute Gasteiger partial charge is 0.497 e. The van der Waals surface area contributed by atoms with E-state index >= 15 is 0 Å². The molecular formula is C30H27N5O4. The van der Waals surface area contributed by atoms with Crippen molar-refractivity contribution in [2.75, 3.05) is 12.4 Å². The number of hydrogen-bond acceptors (Lipinski definition) is 7. The second kappa shape index (κ2) is 11.6. The molecule has 0 unspecified atom stereocenters. The molecular weight excluding hydrogens is 494 g/mol. The number of hydrazone groups is 1. The molecule has 0 saturated heterocycles. The van der Waals surface area contributed by atoms with Crippen LogP contribution < -0.4 is 15.5 Å². The molecule has 0 fully saturated rings. The van der Waals surface area contributed by atoms with Crippen LogP contribution in [0.1, 0.15) is 50.6 Å². The number of fused-ring (bicyclic) bond motifs is 1. The zero-order chi connectivity index (χ0) is 27.2. The van der Waals surface area contributed by atoms with Crippen molar-refractivity contribution in [2.45, 2.75) is 26.2 Å². The minimum atomic E-state index is -0.361. The molecule has 0 bridgehead atoms. The SMILES string of the molecule is COc1cccc(C(=O)N/N=C2\CCCc3oc(C(=O)Nc4ccc(N=Nc5ccccc5)cc4)c(C)c32)c1. The molecule has 9 nitrogen and oxygen atoms in total. The zero-order valence-corrected chi connectivity index (χ0v) is 21.6. The van der Waals surface area contributed by atoms with Crippen LogP contribution in [0.15, 0.2) is 98.6 Å². The summed E-state index contributed by atoms with van der Waals surface area (Å²) in [5.41, 5.74) is 7.23. The number of azo groups is 1. The third-order valence-electron chi connectivity index (χ3n) is 6.32. The Hall–Kier alpha value is -5.05. The Morgan fingerprint density at radius 3 is 2.36 bits per heavy atom. The highest BCUT2D eigenvalue weighted by atomic mass is 16.5. The summed E-state index contributed by atoms with van der Waals surface area (Å²) in [6.45, 7) is 1.83. The highest BCUT2D eigenvalue weighted by Crippen LogP contribution is 2.30. The van der Waals surface area contributed by atoms with E-state index in [2.05, 4.69) is 26.1 Å². The van der Waals surface area contributed by atoms with Crippen LogP contribution in [0.2, 0.25) is 0 Å². The van der Waals surface area contributed by atoms with Gasteiger partial charge in [0.15, 0.2) is 5.76 Å². The third-order valence-corrected chi connectivity index (χ3v) is 6.32. The molecule has 1 aromatic heterocycles. The Balaban J connectivity index is 1.28. The Morgan fingerprint density at radius 2 is 1.62 bits per heavy atom. The normalized spacial score (nSPS) is 13.7. The van der Waals surface area contributed by atoms with Gasteiger partial charge in [0, 0.05) is 28.8 Å². The molecule has 0 aliphatic heterocycles. The number of benzene rings is 3. The predicted molar refractivity (Wildman–Crippen MR) is 148 cm³/mol. The maximum Gasteiger partial charge on any atom is 0.291 e. The number of nitrogens with one attached hydrogen (secondary N) is 2. The third kappa shape index (κ3) is 5.93. The molecule has 0 spiro atoms. The van der Waals surface area contributed by atoms with E-state index in [0.29, 0.717) is 52.6 Å². The van der Waals surface area contributed by atoms with Gasteiger partial charge in [0.05, 0.1) is 24.2 Å². The molecule has 3 aromatic carbocycles. The van der Waals surface area contributed by atoms with Crippen LogP contribution in [0.3, 0.4) is 0 Å². The lowest BCUT2D eigenvalue weighted by molar-refractivity contribution is 0.0953. The van der Waals surface area contributed by atoms with Gasteiger partial charge in [0.2, 0.25) is 0 Å². The summed E-state index contributed by atoms with van der Waals surface area (Å²) in [6, 6.07) is 23.4. The molecule has 0 saturated carbocycles. The van der Waals surface area contributed by atoms with Crippen LogP contribution in [-0.4, -0.2) is 24.6 Å². The van der Waals surface area contributed by atoms with Crippen molar-refractivity contribution >= 4 is 34.6 Å². The van der Waals surface area contributed by atoms with Crippen LogP contribution in [0.5, 0.6) is 5.75 Å². The number of carbonyl (C=O) groups excluding carboxylic acids is 2. The quantitative estimate of drug-likeness (QED) is 0.207. The monoisotopic (exact) mass is 521 g/mol. The maximum atomic E-state index is 13.1. The fraction of sp³-hybridized carbons (Fsp3) is 0.167. The Labute approximate surface area is 225 Å². The summed E-state index contributed by atoms with van der Waals surface area (Å²) < 4.78 is 11.2. The van der Waals surface area contributed by atoms with E-state index in [1.165, 1.54) is 0 Å². The molecule has 39 heavy (non-hydrogen) atoms. The molecule has 1 heterocycles. The summed E-state index contributed by atoms with van der Waals surface area (Å²) in [4.78, 5) is 25.7. The number of nitrogens with zero attached hydrogens (tertiary/aromatic N) is 3. The smallest absolute Gasteiger partial charge is 0.291 e. The van der Waals surface area contributed by atoms with Gasteiger partial charge >= 0.3 is 0 Å². The average molecular weight is 522 g/mol. The van der Waals surface area contributed by atoms with E-state index in [1.54, 1.807) is 55.6 Å². The average Bonchev–Trinajstić information content (AvgIpc) is 3.33. The molecule has 1 aliphatic carbocycles. The first-order valence-electron chi connectivity index (χ1n) is 12.5. The Morgan fingerprint density at radius 1 is 0.872 bits per heavy atom. The fourth-order valence-electron chi connectivity index (χ4n) is 4.35. The second-order valence-electron chi connectivity index (χ2n) is 8.98. The van der Waals surface area contributed by atoms with E-state index in [-0.39, 0.29) is 17.6 Å². The number of aryl methyl sites for hydroxylation is 1. The molecule has 5 rings (SSSR count). The van der Waals surface area contributed by atoms with Crippen LogP contribution in [0.4, 0.5) is 17.1 Å². The second-order valence-corrected chi connectivity index (χ2v) is 8.98. The summed E-state index contributed by atoms with van der Waals surface area (Å²) in [6.07, 6.45) is 2.15. The summed E-state index contributed by atoms with van der Waals surface area (Å²) >= 11 is 0. The molecule has 196 valence electrons. The first-order chi connectivity index (χ1) is 19.0. The van der Waals surface area contributed by atoms with E-state index < -0.39 is 0 Å². The van der Waals surface area contributed by atoms with Crippen LogP contribution >= 0.6 is 0 Å². The van der Waals surface area contributed by atoms with Crippen LogP contribution in [0.25, 0.3) is 0 Å². The van der Waals surface area contributed by atoms with E-state index in [9.17, 15) is 9.59 Å². The molecule has 4 aromatic rings. The lowest BCUT2D eigenvalue weighted by atomic mass is 9.93. The summed E-state index contributed by atoms with van der Waals surface area (Å²) in [7, 11) is 1.55. The van der Waals surface area contributed by atoms with E-state index in [4.69, 9.17) is 9.15 Å². The van der Waals surface area contributed by atoms with Crippen LogP contribution in [0, 0.1) is 6.92 Å². The standard InChI is InChI=1S/C30H27N5O4/c1-19-27-25(34-35-29(36)20-8-6-11-24(18-20)38-2)12-7-13-26(27)39-28(19)30(37)31-21-14-16-23(17-15-21)33-32-22-9-4-3-5-10-22/h3-6,8-11,14-18H,7,12-13H2,1-2H3,(H,31,37)(H,35,36)/b33-32?,34-25+. The van der Waals surface area contributed by atoms with Gasteiger partial charge in [0.25, 0.3) is 11.8 Å². The Bertz CT molecular complexity index is 1560. The summed E-state index contributed by atoms with van der Waals surface area (Å²) in [5, 5.41) is 15.7. The van der Waals surface area contributed by atoms with Crippen molar-refractivity contribution in [3.8, 4) is 5.75 Å². The number of carbonyl (C=O) groups is 2. The van der Waals surface area contributed by atoms with Crippen molar-refractivity contribution in [3.05, 3.63) is 107 Å². The number of hydrogen-bond donors (Lipinski definition) is 2. The fourth-order valence-corrected chi connectivity index (χ4v) is 4.35. The van der Waals surface area contributed by atoms with Crippen molar-refractivity contribution < 1.29 is 18.7 Å². The van der Waals surface area contributed by atoms with E-state index in [1.807, 2.05) is 37.3 Å². The number of rotatable bonds is 7. The molecule has 2 N–H and O–H groups in total. The number of anilines is 1. The highest BCUT2D eigenvalue weighted by Gasteiger charge is 2.28.